The second-order valence-electron chi connectivity index (χ2n) is 11.5. The van der Waals surface area contributed by atoms with E-state index in [1.54, 1.807) is 73.4 Å². The molecule has 1 atom stereocenters. The predicted octanol–water partition coefficient (Wildman–Crippen LogP) is 6.91. The minimum Gasteiger partial charge on any atom is -0.486 e. The van der Waals surface area contributed by atoms with Gasteiger partial charge in [-0.2, -0.15) is 0 Å². The first kappa shape index (κ1) is 31.7. The van der Waals surface area contributed by atoms with Crippen LogP contribution in [0.1, 0.15) is 56.2 Å². The monoisotopic (exact) mass is 638 g/mol. The molecule has 2 aliphatic heterocycles. The van der Waals surface area contributed by atoms with E-state index in [-0.39, 0.29) is 46.1 Å². The fraction of sp³-hybridized carbons (Fsp3) is 0.353. The zero-order valence-electron chi connectivity index (χ0n) is 25.1. The third-order valence-electron chi connectivity index (χ3n) is 8.34. The molecule has 0 radical (unpaired) electrons. The number of Topliss-reactive ketones (excluding diaryl/α,β-unsaturated/α-hetero) is 1. The molecule has 0 spiro atoms. The molecule has 0 unspecified atom stereocenters. The first-order chi connectivity index (χ1) is 20.9. The van der Waals surface area contributed by atoms with Crippen LogP contribution in [0.2, 0.25) is 5.02 Å². The first-order valence-corrected chi connectivity index (χ1v) is 16.6. The number of hydrogen-bond acceptors (Lipinski definition) is 5. The second kappa shape index (κ2) is 13.1. The molecule has 0 aromatic heterocycles. The molecule has 10 heteroatoms. The Morgan fingerprint density at radius 1 is 1.05 bits per heavy atom. The number of allylic oxidation sites excluding steroid dienone is 1. The number of ketones is 1. The third kappa shape index (κ3) is 6.84. The third-order valence-corrected chi connectivity index (χ3v) is 10.4. The average molecular weight is 639 g/mol. The zero-order chi connectivity index (χ0) is 31.6. The Morgan fingerprint density at radius 2 is 1.77 bits per heavy atom. The predicted molar refractivity (Wildman–Crippen MR) is 171 cm³/mol. The first-order valence-electron chi connectivity index (χ1n) is 14.7. The van der Waals surface area contributed by atoms with Gasteiger partial charge in [-0.1, -0.05) is 41.9 Å². The fourth-order valence-electron chi connectivity index (χ4n) is 5.87. The molecule has 232 valence electrons. The van der Waals surface area contributed by atoms with Gasteiger partial charge in [0.1, 0.15) is 23.5 Å². The molecule has 7 nitrogen and oxygen atoms in total. The summed E-state index contributed by atoms with van der Waals surface area (Å²) >= 11 is 6.28. The number of halogens is 2. The van der Waals surface area contributed by atoms with Gasteiger partial charge in [0, 0.05) is 31.0 Å². The van der Waals surface area contributed by atoms with E-state index < -0.39 is 21.9 Å². The Labute approximate surface area is 263 Å². The van der Waals surface area contributed by atoms with Crippen LogP contribution in [0.15, 0.2) is 65.6 Å². The lowest BCUT2D eigenvalue weighted by Crippen LogP contribution is -2.44. The maximum absolute atomic E-state index is 14.6. The van der Waals surface area contributed by atoms with Gasteiger partial charge in [0.2, 0.25) is 5.91 Å². The number of benzene rings is 3. The highest BCUT2D eigenvalue weighted by Crippen LogP contribution is 2.40. The fourth-order valence-corrected chi connectivity index (χ4v) is 7.79. The Kier molecular flexibility index (Phi) is 9.46. The maximum Gasteiger partial charge on any atom is 0.264 e. The number of amides is 1. The molecule has 0 N–H and O–H groups in total. The van der Waals surface area contributed by atoms with E-state index in [9.17, 15) is 22.4 Å². The van der Waals surface area contributed by atoms with Crippen molar-refractivity contribution in [2.75, 3.05) is 23.9 Å². The van der Waals surface area contributed by atoms with Crippen molar-refractivity contribution < 1.29 is 27.1 Å². The van der Waals surface area contributed by atoms with Crippen molar-refractivity contribution in [3.63, 3.8) is 0 Å². The summed E-state index contributed by atoms with van der Waals surface area (Å²) in [5, 5.41) is 0.282. The van der Waals surface area contributed by atoms with E-state index in [1.807, 2.05) is 13.0 Å². The quantitative estimate of drug-likeness (QED) is 0.250. The molecule has 1 amide bonds. The van der Waals surface area contributed by atoms with Crippen LogP contribution in [0.5, 0.6) is 5.75 Å². The lowest BCUT2D eigenvalue weighted by atomic mass is 9.93. The topological polar surface area (TPSA) is 84.0 Å². The van der Waals surface area contributed by atoms with Gasteiger partial charge in [-0.3, -0.25) is 13.9 Å². The van der Waals surface area contributed by atoms with Crippen molar-refractivity contribution in [3.8, 4) is 5.75 Å². The van der Waals surface area contributed by atoms with Crippen LogP contribution in [0, 0.1) is 18.7 Å². The number of hydrogen-bond donors (Lipinski definition) is 0. The van der Waals surface area contributed by atoms with Gasteiger partial charge in [-0.25, -0.2) is 12.8 Å². The van der Waals surface area contributed by atoms with Crippen LogP contribution in [0.3, 0.4) is 0 Å². The summed E-state index contributed by atoms with van der Waals surface area (Å²) in [6.45, 7) is 6.28. The Hall–Kier alpha value is -3.69. The normalized spacial score (nSPS) is 17.7. The van der Waals surface area contributed by atoms with Crippen LogP contribution in [0.4, 0.5) is 10.1 Å². The minimum absolute atomic E-state index is 0.00448. The number of piperidine rings is 1. The van der Waals surface area contributed by atoms with Crippen molar-refractivity contribution in [3.05, 3.63) is 88.2 Å². The van der Waals surface area contributed by atoms with Gasteiger partial charge >= 0.3 is 0 Å². The van der Waals surface area contributed by atoms with Crippen LogP contribution in [0.25, 0.3) is 11.6 Å². The smallest absolute Gasteiger partial charge is 0.264 e. The van der Waals surface area contributed by atoms with Gasteiger partial charge in [-0.05, 0) is 93.1 Å². The summed E-state index contributed by atoms with van der Waals surface area (Å²) in [5.74, 6) is 0.0657. The van der Waals surface area contributed by atoms with Crippen LogP contribution in [-0.2, 0) is 19.6 Å². The maximum atomic E-state index is 14.6. The number of nitrogens with zero attached hydrogens (tertiary/aromatic N) is 2. The largest absolute Gasteiger partial charge is 0.486 e. The summed E-state index contributed by atoms with van der Waals surface area (Å²) in [6, 6.07) is 16.4. The van der Waals surface area contributed by atoms with Gasteiger partial charge in [0.15, 0.2) is 0 Å². The number of rotatable bonds is 8. The van der Waals surface area contributed by atoms with Crippen molar-refractivity contribution in [1.29, 1.82) is 0 Å². The summed E-state index contributed by atoms with van der Waals surface area (Å²) in [4.78, 5) is 26.7. The summed E-state index contributed by atoms with van der Waals surface area (Å²) in [7, 11) is -3.99. The Morgan fingerprint density at radius 3 is 2.45 bits per heavy atom. The van der Waals surface area contributed by atoms with Crippen molar-refractivity contribution in [2.45, 2.75) is 57.5 Å². The number of carbonyl (C=O) groups is 2. The second-order valence-corrected chi connectivity index (χ2v) is 13.8. The lowest BCUT2D eigenvalue weighted by molar-refractivity contribution is -0.135. The van der Waals surface area contributed by atoms with Crippen LogP contribution in [-0.4, -0.2) is 50.7 Å². The molecule has 2 aliphatic rings. The summed E-state index contributed by atoms with van der Waals surface area (Å²) < 4.78 is 50.3. The van der Waals surface area contributed by atoms with Gasteiger partial charge in [-0.15, -0.1) is 0 Å². The van der Waals surface area contributed by atoms with Crippen molar-refractivity contribution in [1.82, 2.24) is 4.90 Å². The van der Waals surface area contributed by atoms with Gasteiger partial charge in [0.05, 0.1) is 22.2 Å². The number of sulfonamides is 1. The molecule has 44 heavy (non-hydrogen) atoms. The molecular weight excluding hydrogens is 603 g/mol. The van der Waals surface area contributed by atoms with Crippen molar-refractivity contribution in [2.24, 2.45) is 5.92 Å². The number of aryl methyl sites for hydroxylation is 1. The number of fused-ring (bicyclic) bond motifs is 1. The van der Waals surface area contributed by atoms with E-state index in [2.05, 4.69) is 0 Å². The van der Waals surface area contributed by atoms with E-state index >= 15 is 0 Å². The van der Waals surface area contributed by atoms with Crippen LogP contribution < -0.4 is 9.04 Å². The van der Waals surface area contributed by atoms with E-state index in [0.717, 1.165) is 5.56 Å². The van der Waals surface area contributed by atoms with E-state index in [4.69, 9.17) is 16.3 Å². The molecule has 3 aromatic carbocycles. The summed E-state index contributed by atoms with van der Waals surface area (Å²) in [6.07, 6.45) is 3.06. The Bertz CT molecular complexity index is 1700. The highest BCUT2D eigenvalue weighted by Gasteiger charge is 2.35. The van der Waals surface area contributed by atoms with E-state index in [0.29, 0.717) is 54.9 Å². The molecule has 1 saturated heterocycles. The molecule has 0 bridgehead atoms. The molecule has 1 fully saturated rings. The number of carbonyl (C=O) groups excluding carboxylic acids is 2. The zero-order valence-corrected chi connectivity index (χ0v) is 26.6. The molecule has 3 aromatic rings. The molecule has 2 heterocycles. The molecular formula is C34H36ClFN2O5S. The lowest BCUT2D eigenvalue weighted by Gasteiger charge is -2.36. The van der Waals surface area contributed by atoms with Crippen molar-refractivity contribution >= 4 is 50.7 Å². The molecule has 0 saturated carbocycles. The number of anilines is 1. The average Bonchev–Trinajstić information content (AvgIpc) is 2.99. The molecule has 5 rings (SSSR count). The standard InChI is InChI=1S/C34H36ClFN2O5S/c1-22-6-4-7-28(18-22)44(41,42)38-21-27(11-13-33(40)37-16-14-26(15-17-37)24(3)39)43-32-12-10-25(20-31(32)38)19-23(2)34-29(35)8-5-9-30(34)36/h4-10,12,18-20,26-27H,11,13-17,21H2,1-3H3/b23-19+/t27-/m0/s1. The SMILES string of the molecule is CC(=O)C1CCN(C(=O)CC[C@H]2CN(S(=O)(=O)c3cccc(C)c3)c3cc(/C=C(\C)c4c(F)cccc4Cl)ccc3O2)CC1. The highest BCUT2D eigenvalue weighted by molar-refractivity contribution is 7.92. The van der Waals surface area contributed by atoms with Gasteiger partial charge in [0.25, 0.3) is 10.0 Å². The Balaban J connectivity index is 1.42. The summed E-state index contributed by atoms with van der Waals surface area (Å²) in [5.41, 5.74) is 2.69. The number of likely N-dealkylation sites (tertiary alicyclic amines) is 1. The highest BCUT2D eigenvalue weighted by atomic mass is 35.5. The van der Waals surface area contributed by atoms with E-state index in [1.165, 1.54) is 10.4 Å². The minimum atomic E-state index is -3.99. The number of ether oxygens (including phenoxy) is 1. The van der Waals surface area contributed by atoms with Crippen LogP contribution >= 0.6 is 11.6 Å². The molecule has 0 aliphatic carbocycles. The van der Waals surface area contributed by atoms with Gasteiger partial charge < -0.3 is 9.64 Å².